The maximum Gasteiger partial charge on any atom is 0.330 e. The smallest absolute Gasteiger partial charge is 0.330 e. The van der Waals surface area contributed by atoms with Crippen molar-refractivity contribution < 1.29 is 9.53 Å². The normalized spacial score (nSPS) is 10.7. The topological polar surface area (TPSA) is 26.3 Å². The first kappa shape index (κ1) is 14.5. The number of carbonyl (C=O) groups excluding carboxylic acids is 1. The summed E-state index contributed by atoms with van der Waals surface area (Å²) in [5.74, 6) is -0.255. The number of hydrogen-bond acceptors (Lipinski definition) is 2. The van der Waals surface area contributed by atoms with Crippen LogP contribution in [0.3, 0.4) is 0 Å². The van der Waals surface area contributed by atoms with E-state index in [2.05, 4.69) is 6.92 Å². The van der Waals surface area contributed by atoms with E-state index in [-0.39, 0.29) is 5.97 Å². The highest BCUT2D eigenvalue weighted by molar-refractivity contribution is 5.86. The Kier molecular flexibility index (Phi) is 7.61. The fourth-order valence-corrected chi connectivity index (χ4v) is 1.65. The lowest BCUT2D eigenvalue weighted by Crippen LogP contribution is -2.02. The minimum absolute atomic E-state index is 0.255. The molecular formula is C16H22O2. The predicted octanol–water partition coefficient (Wildman–Crippen LogP) is 4.21. The summed E-state index contributed by atoms with van der Waals surface area (Å²) in [7, 11) is 0. The first-order chi connectivity index (χ1) is 8.83. The lowest BCUT2D eigenvalue weighted by atomic mass is 10.2. The van der Waals surface area contributed by atoms with Crippen LogP contribution in [0, 0.1) is 0 Å². The lowest BCUT2D eigenvalue weighted by Gasteiger charge is -2.01. The minimum Gasteiger partial charge on any atom is -0.463 e. The van der Waals surface area contributed by atoms with Crippen LogP contribution < -0.4 is 0 Å². The lowest BCUT2D eigenvalue weighted by molar-refractivity contribution is -0.137. The van der Waals surface area contributed by atoms with Gasteiger partial charge in [-0.25, -0.2) is 4.79 Å². The second kappa shape index (κ2) is 9.46. The van der Waals surface area contributed by atoms with Crippen LogP contribution in [0.25, 0.3) is 6.08 Å². The Bertz CT molecular complexity index is 355. The maximum atomic E-state index is 11.4. The van der Waals surface area contributed by atoms with Crippen LogP contribution in [-0.4, -0.2) is 12.6 Å². The molecule has 0 amide bonds. The SMILES string of the molecule is CCCCCCCOC(=O)C=Cc1ccccc1. The van der Waals surface area contributed by atoms with Crippen LogP contribution in [-0.2, 0) is 9.53 Å². The number of unbranched alkanes of at least 4 members (excludes halogenated alkanes) is 4. The molecule has 2 heteroatoms. The average molecular weight is 246 g/mol. The van der Waals surface area contributed by atoms with Crippen molar-refractivity contribution in [3.63, 3.8) is 0 Å². The van der Waals surface area contributed by atoms with Gasteiger partial charge in [-0.3, -0.25) is 0 Å². The molecule has 98 valence electrons. The van der Waals surface area contributed by atoms with Gasteiger partial charge in [-0.15, -0.1) is 0 Å². The van der Waals surface area contributed by atoms with Crippen molar-refractivity contribution in [3.05, 3.63) is 42.0 Å². The Labute approximate surface area is 110 Å². The van der Waals surface area contributed by atoms with E-state index in [4.69, 9.17) is 4.74 Å². The van der Waals surface area contributed by atoms with Gasteiger partial charge in [0.1, 0.15) is 0 Å². The molecule has 0 fully saturated rings. The Hall–Kier alpha value is -1.57. The van der Waals surface area contributed by atoms with Crippen molar-refractivity contribution in [2.45, 2.75) is 39.0 Å². The van der Waals surface area contributed by atoms with Crippen LogP contribution in [0.4, 0.5) is 0 Å². The maximum absolute atomic E-state index is 11.4. The third-order valence-electron chi connectivity index (χ3n) is 2.70. The van der Waals surface area contributed by atoms with E-state index in [9.17, 15) is 4.79 Å². The van der Waals surface area contributed by atoms with Gasteiger partial charge in [0.25, 0.3) is 0 Å². The van der Waals surface area contributed by atoms with Gasteiger partial charge in [0, 0.05) is 6.08 Å². The van der Waals surface area contributed by atoms with Gasteiger partial charge in [-0.1, -0.05) is 62.9 Å². The summed E-state index contributed by atoms with van der Waals surface area (Å²) in [6, 6.07) is 9.74. The molecule has 1 aromatic rings. The van der Waals surface area contributed by atoms with E-state index in [1.54, 1.807) is 6.08 Å². The molecule has 2 nitrogen and oxygen atoms in total. The van der Waals surface area contributed by atoms with Gasteiger partial charge in [0.15, 0.2) is 0 Å². The summed E-state index contributed by atoms with van der Waals surface area (Å²) >= 11 is 0. The van der Waals surface area contributed by atoms with Gasteiger partial charge in [0.05, 0.1) is 6.61 Å². The predicted molar refractivity (Wildman–Crippen MR) is 75.2 cm³/mol. The van der Waals surface area contributed by atoms with Crippen molar-refractivity contribution in [3.8, 4) is 0 Å². The molecule has 0 saturated carbocycles. The molecule has 0 aromatic heterocycles. The number of benzene rings is 1. The Balaban J connectivity index is 2.12. The summed E-state index contributed by atoms with van der Waals surface area (Å²) in [5, 5.41) is 0. The zero-order chi connectivity index (χ0) is 13.1. The molecule has 0 bridgehead atoms. The third kappa shape index (κ3) is 6.89. The molecule has 0 spiro atoms. The molecule has 0 atom stereocenters. The van der Waals surface area contributed by atoms with E-state index in [1.807, 2.05) is 30.3 Å². The molecule has 1 rings (SSSR count). The zero-order valence-electron chi connectivity index (χ0n) is 11.1. The molecule has 1 aromatic carbocycles. The first-order valence-corrected chi connectivity index (χ1v) is 6.73. The monoisotopic (exact) mass is 246 g/mol. The Morgan fingerprint density at radius 3 is 2.56 bits per heavy atom. The van der Waals surface area contributed by atoms with Crippen molar-refractivity contribution >= 4 is 12.0 Å². The number of carbonyl (C=O) groups is 1. The van der Waals surface area contributed by atoms with E-state index in [0.717, 1.165) is 18.4 Å². The molecule has 0 radical (unpaired) electrons. The molecule has 0 aliphatic rings. The molecule has 0 saturated heterocycles. The summed E-state index contributed by atoms with van der Waals surface area (Å²) in [6.07, 6.45) is 9.10. The molecule has 0 unspecified atom stereocenters. The Morgan fingerprint density at radius 1 is 1.11 bits per heavy atom. The minimum atomic E-state index is -0.255. The molecule has 18 heavy (non-hydrogen) atoms. The van der Waals surface area contributed by atoms with Crippen LogP contribution in [0.2, 0.25) is 0 Å². The summed E-state index contributed by atoms with van der Waals surface area (Å²) in [4.78, 5) is 11.4. The third-order valence-corrected chi connectivity index (χ3v) is 2.70. The van der Waals surface area contributed by atoms with Crippen LogP contribution in [0.1, 0.15) is 44.6 Å². The van der Waals surface area contributed by atoms with Gasteiger partial charge in [-0.05, 0) is 18.1 Å². The highest BCUT2D eigenvalue weighted by Crippen LogP contribution is 2.03. The van der Waals surface area contributed by atoms with Crippen molar-refractivity contribution in [2.24, 2.45) is 0 Å². The number of rotatable bonds is 8. The highest BCUT2D eigenvalue weighted by atomic mass is 16.5. The van der Waals surface area contributed by atoms with Gasteiger partial charge >= 0.3 is 5.97 Å². The zero-order valence-corrected chi connectivity index (χ0v) is 11.1. The van der Waals surface area contributed by atoms with Crippen molar-refractivity contribution in [1.29, 1.82) is 0 Å². The molecule has 0 aliphatic heterocycles. The first-order valence-electron chi connectivity index (χ1n) is 6.73. The van der Waals surface area contributed by atoms with Crippen molar-refractivity contribution in [1.82, 2.24) is 0 Å². The van der Waals surface area contributed by atoms with E-state index < -0.39 is 0 Å². The van der Waals surface area contributed by atoms with Crippen LogP contribution in [0.15, 0.2) is 36.4 Å². The standard InChI is InChI=1S/C16H22O2/c1-2-3-4-5-9-14-18-16(17)13-12-15-10-7-6-8-11-15/h6-8,10-13H,2-5,9,14H2,1H3. The number of ether oxygens (including phenoxy) is 1. The average Bonchev–Trinajstić information content (AvgIpc) is 2.41. The highest BCUT2D eigenvalue weighted by Gasteiger charge is 1.96. The van der Waals surface area contributed by atoms with E-state index in [1.165, 1.54) is 25.3 Å². The quantitative estimate of drug-likeness (QED) is 0.390. The molecule has 0 heterocycles. The van der Waals surface area contributed by atoms with Crippen molar-refractivity contribution in [2.75, 3.05) is 6.61 Å². The summed E-state index contributed by atoms with van der Waals surface area (Å²) in [5.41, 5.74) is 1.01. The van der Waals surface area contributed by atoms with Crippen LogP contribution >= 0.6 is 0 Å². The second-order valence-corrected chi connectivity index (χ2v) is 4.33. The largest absolute Gasteiger partial charge is 0.463 e. The van der Waals surface area contributed by atoms with E-state index >= 15 is 0 Å². The van der Waals surface area contributed by atoms with Gasteiger partial charge in [0.2, 0.25) is 0 Å². The van der Waals surface area contributed by atoms with E-state index in [0.29, 0.717) is 6.61 Å². The molecule has 0 N–H and O–H groups in total. The fourth-order valence-electron chi connectivity index (χ4n) is 1.65. The summed E-state index contributed by atoms with van der Waals surface area (Å²) in [6.45, 7) is 2.72. The van der Waals surface area contributed by atoms with Gasteiger partial charge < -0.3 is 4.74 Å². The molecular weight excluding hydrogens is 224 g/mol. The number of hydrogen-bond donors (Lipinski definition) is 0. The van der Waals surface area contributed by atoms with Crippen LogP contribution in [0.5, 0.6) is 0 Å². The second-order valence-electron chi connectivity index (χ2n) is 4.33. The number of esters is 1. The summed E-state index contributed by atoms with van der Waals surface area (Å²) < 4.78 is 5.12. The van der Waals surface area contributed by atoms with Gasteiger partial charge in [-0.2, -0.15) is 0 Å². The molecule has 0 aliphatic carbocycles. The Morgan fingerprint density at radius 2 is 1.83 bits per heavy atom. The fraction of sp³-hybridized carbons (Fsp3) is 0.438.